The standard InChI is InChI=1S/C20H29N3O4/c1-14-11-23(15(2)13-24)20(25)17-9-16(7-6-8-26-5)10-21-19(17)27-18(14)12-22(3)4/h9-10,14-15,18,24H,8,11-13H2,1-5H3/t14-,15-,18+/m1/s1. The number of fused-ring (bicyclic) bond motifs is 1. The quantitative estimate of drug-likeness (QED) is 0.770. The Balaban J connectivity index is 2.46. The van der Waals surface area contributed by atoms with E-state index in [0.717, 1.165) is 0 Å². The Morgan fingerprint density at radius 3 is 2.89 bits per heavy atom. The summed E-state index contributed by atoms with van der Waals surface area (Å²) in [5.41, 5.74) is 0.993. The molecule has 0 bridgehead atoms. The molecule has 1 N–H and O–H groups in total. The van der Waals surface area contributed by atoms with Gasteiger partial charge in [-0.15, -0.1) is 0 Å². The molecule has 0 aromatic carbocycles. The van der Waals surface area contributed by atoms with Crippen LogP contribution in [0.5, 0.6) is 5.88 Å². The molecule has 1 aliphatic rings. The molecule has 2 rings (SSSR count). The van der Waals surface area contributed by atoms with Crippen LogP contribution in [0.4, 0.5) is 0 Å². The molecule has 148 valence electrons. The molecule has 27 heavy (non-hydrogen) atoms. The van der Waals surface area contributed by atoms with Crippen molar-refractivity contribution >= 4 is 5.91 Å². The van der Waals surface area contributed by atoms with E-state index >= 15 is 0 Å². The Kier molecular flexibility index (Phi) is 7.60. The number of pyridine rings is 1. The molecule has 7 heteroatoms. The van der Waals surface area contributed by atoms with E-state index in [0.29, 0.717) is 36.7 Å². The summed E-state index contributed by atoms with van der Waals surface area (Å²) < 4.78 is 11.1. The van der Waals surface area contributed by atoms with E-state index in [1.165, 1.54) is 0 Å². The lowest BCUT2D eigenvalue weighted by atomic mass is 10.00. The Morgan fingerprint density at radius 2 is 2.26 bits per heavy atom. The van der Waals surface area contributed by atoms with Crippen molar-refractivity contribution in [2.75, 3.05) is 47.5 Å². The van der Waals surface area contributed by atoms with Gasteiger partial charge in [0.1, 0.15) is 18.3 Å². The van der Waals surface area contributed by atoms with E-state index in [4.69, 9.17) is 9.47 Å². The Morgan fingerprint density at radius 1 is 1.52 bits per heavy atom. The molecule has 0 saturated heterocycles. The van der Waals surface area contributed by atoms with Crippen LogP contribution in [0.2, 0.25) is 0 Å². The van der Waals surface area contributed by atoms with E-state index in [2.05, 4.69) is 21.7 Å². The van der Waals surface area contributed by atoms with Crippen molar-refractivity contribution < 1.29 is 19.4 Å². The second kappa shape index (κ2) is 9.70. The minimum atomic E-state index is -0.297. The van der Waals surface area contributed by atoms with Gasteiger partial charge in [0, 0.05) is 37.9 Å². The zero-order valence-corrected chi connectivity index (χ0v) is 16.7. The number of nitrogens with zero attached hydrogens (tertiary/aromatic N) is 3. The van der Waals surface area contributed by atoms with Gasteiger partial charge in [-0.2, -0.15) is 0 Å². The van der Waals surface area contributed by atoms with Gasteiger partial charge in [-0.1, -0.05) is 18.8 Å². The molecule has 0 fully saturated rings. The van der Waals surface area contributed by atoms with Crippen LogP contribution in [0, 0.1) is 17.8 Å². The summed E-state index contributed by atoms with van der Waals surface area (Å²) in [6, 6.07) is 1.40. The number of carbonyl (C=O) groups is 1. The maximum absolute atomic E-state index is 13.2. The highest BCUT2D eigenvalue weighted by Crippen LogP contribution is 2.27. The second-order valence-corrected chi connectivity index (χ2v) is 7.20. The lowest BCUT2D eigenvalue weighted by Gasteiger charge is -2.37. The van der Waals surface area contributed by atoms with Gasteiger partial charge in [-0.05, 0) is 27.1 Å². The highest BCUT2D eigenvalue weighted by molar-refractivity contribution is 5.97. The molecule has 0 aliphatic carbocycles. The van der Waals surface area contributed by atoms with E-state index < -0.39 is 0 Å². The van der Waals surface area contributed by atoms with Crippen LogP contribution in [0.3, 0.4) is 0 Å². The van der Waals surface area contributed by atoms with E-state index in [1.807, 2.05) is 27.9 Å². The van der Waals surface area contributed by atoms with Crippen molar-refractivity contribution in [1.82, 2.24) is 14.8 Å². The summed E-state index contributed by atoms with van der Waals surface area (Å²) in [6.07, 6.45) is 1.48. The SMILES string of the molecule is COCC#Cc1cnc2c(c1)C(=O)N([C@H](C)CO)C[C@@H](C)[C@H](CN(C)C)O2. The van der Waals surface area contributed by atoms with Crippen molar-refractivity contribution in [3.63, 3.8) is 0 Å². The van der Waals surface area contributed by atoms with Crippen LogP contribution in [0.25, 0.3) is 0 Å². The molecule has 7 nitrogen and oxygen atoms in total. The smallest absolute Gasteiger partial charge is 0.259 e. The number of hydrogen-bond donors (Lipinski definition) is 1. The maximum Gasteiger partial charge on any atom is 0.259 e. The molecule has 1 aliphatic heterocycles. The van der Waals surface area contributed by atoms with E-state index in [9.17, 15) is 9.90 Å². The number of methoxy groups -OCH3 is 1. The summed E-state index contributed by atoms with van der Waals surface area (Å²) in [6.45, 7) is 5.29. The summed E-state index contributed by atoms with van der Waals surface area (Å²) in [4.78, 5) is 21.3. The lowest BCUT2D eigenvalue weighted by Crippen LogP contribution is -2.49. The minimum Gasteiger partial charge on any atom is -0.472 e. The molecule has 0 spiro atoms. The number of hydrogen-bond acceptors (Lipinski definition) is 6. The molecule has 0 unspecified atom stereocenters. The largest absolute Gasteiger partial charge is 0.472 e. The first kappa shape index (κ1) is 21.2. The maximum atomic E-state index is 13.2. The highest BCUT2D eigenvalue weighted by atomic mass is 16.5. The van der Waals surface area contributed by atoms with Gasteiger partial charge in [-0.25, -0.2) is 4.98 Å². The van der Waals surface area contributed by atoms with E-state index in [1.54, 1.807) is 24.3 Å². The Labute approximate surface area is 161 Å². The fourth-order valence-electron chi connectivity index (χ4n) is 2.96. The van der Waals surface area contributed by atoms with Gasteiger partial charge >= 0.3 is 0 Å². The van der Waals surface area contributed by atoms with Crippen molar-refractivity contribution in [3.05, 3.63) is 23.4 Å². The van der Waals surface area contributed by atoms with Crippen LogP contribution in [-0.4, -0.2) is 85.5 Å². The van der Waals surface area contributed by atoms with Gasteiger partial charge in [0.05, 0.1) is 12.6 Å². The van der Waals surface area contributed by atoms with Crippen molar-refractivity contribution in [1.29, 1.82) is 0 Å². The number of ether oxygens (including phenoxy) is 2. The number of likely N-dealkylation sites (N-methyl/N-ethyl adjacent to an activating group) is 1. The number of aromatic nitrogens is 1. The van der Waals surface area contributed by atoms with Crippen LogP contribution >= 0.6 is 0 Å². The second-order valence-electron chi connectivity index (χ2n) is 7.20. The third-order valence-electron chi connectivity index (χ3n) is 4.52. The van der Waals surface area contributed by atoms with Crippen LogP contribution in [-0.2, 0) is 4.74 Å². The minimum absolute atomic E-state index is 0.0847. The normalized spacial score (nSPS) is 20.9. The van der Waals surface area contributed by atoms with Gasteiger partial charge in [0.15, 0.2) is 0 Å². The predicted molar refractivity (Wildman–Crippen MR) is 103 cm³/mol. The number of amides is 1. The van der Waals surface area contributed by atoms with Crippen molar-refractivity contribution in [2.45, 2.75) is 26.0 Å². The number of aliphatic hydroxyl groups is 1. The van der Waals surface area contributed by atoms with Gasteiger partial charge < -0.3 is 24.4 Å². The van der Waals surface area contributed by atoms with Crippen LogP contribution in [0.15, 0.2) is 12.3 Å². The molecule has 0 radical (unpaired) electrons. The van der Waals surface area contributed by atoms with Crippen molar-refractivity contribution in [2.24, 2.45) is 5.92 Å². The number of carbonyl (C=O) groups excluding carboxylic acids is 1. The number of rotatable bonds is 5. The monoisotopic (exact) mass is 375 g/mol. The Bertz CT molecular complexity index is 711. The average molecular weight is 375 g/mol. The summed E-state index contributed by atoms with van der Waals surface area (Å²) in [7, 11) is 5.54. The first-order chi connectivity index (χ1) is 12.9. The zero-order chi connectivity index (χ0) is 20.0. The molecule has 1 amide bonds. The lowest BCUT2D eigenvalue weighted by molar-refractivity contribution is 0.0348. The Hall–Kier alpha value is -2.14. The van der Waals surface area contributed by atoms with E-state index in [-0.39, 0.29) is 30.6 Å². The summed E-state index contributed by atoms with van der Waals surface area (Å²) in [5, 5.41) is 9.63. The van der Waals surface area contributed by atoms with Crippen molar-refractivity contribution in [3.8, 4) is 17.7 Å². The molecular formula is C20H29N3O4. The molecule has 3 atom stereocenters. The van der Waals surface area contributed by atoms with Gasteiger partial charge in [0.25, 0.3) is 5.91 Å². The molecule has 0 saturated carbocycles. The topological polar surface area (TPSA) is 75.1 Å². The first-order valence-corrected chi connectivity index (χ1v) is 9.08. The fourth-order valence-corrected chi connectivity index (χ4v) is 2.96. The molecular weight excluding hydrogens is 346 g/mol. The first-order valence-electron chi connectivity index (χ1n) is 9.08. The van der Waals surface area contributed by atoms with Crippen LogP contribution in [0.1, 0.15) is 29.8 Å². The summed E-state index contributed by atoms with van der Waals surface area (Å²) >= 11 is 0. The molecule has 2 heterocycles. The van der Waals surface area contributed by atoms with Gasteiger partial charge in [-0.3, -0.25) is 4.79 Å². The summed E-state index contributed by atoms with van der Waals surface area (Å²) in [5.74, 6) is 6.00. The fraction of sp³-hybridized carbons (Fsp3) is 0.600. The zero-order valence-electron chi connectivity index (χ0n) is 16.7. The molecule has 1 aromatic rings. The number of aliphatic hydroxyl groups excluding tert-OH is 1. The molecule has 1 aromatic heterocycles. The predicted octanol–water partition coefficient (Wildman–Crippen LogP) is 0.861. The third kappa shape index (κ3) is 5.42. The van der Waals surface area contributed by atoms with Gasteiger partial charge in [0.2, 0.25) is 5.88 Å². The average Bonchev–Trinajstić information content (AvgIpc) is 2.64. The third-order valence-corrected chi connectivity index (χ3v) is 4.52. The highest BCUT2D eigenvalue weighted by Gasteiger charge is 2.33. The van der Waals surface area contributed by atoms with Crippen LogP contribution < -0.4 is 4.74 Å².